The van der Waals surface area contributed by atoms with Gasteiger partial charge >= 0.3 is 6.01 Å². The van der Waals surface area contributed by atoms with Gasteiger partial charge in [0.2, 0.25) is 5.89 Å². The van der Waals surface area contributed by atoms with Crippen molar-refractivity contribution >= 4 is 33.5 Å². The minimum absolute atomic E-state index is 0.00662. The fraction of sp³-hybridized carbons (Fsp3) is 0.176. The highest BCUT2D eigenvalue weighted by molar-refractivity contribution is 9.10. The van der Waals surface area contributed by atoms with E-state index in [0.717, 1.165) is 5.56 Å². The molecule has 0 bridgehead atoms. The van der Waals surface area contributed by atoms with E-state index in [9.17, 15) is 0 Å². The normalized spacial score (nSPS) is 10.7. The summed E-state index contributed by atoms with van der Waals surface area (Å²) >= 11 is 9.41. The Balaban J connectivity index is 1.88. The number of ether oxygens (including phenoxy) is 2. The van der Waals surface area contributed by atoms with E-state index in [4.69, 9.17) is 31.2 Å². The number of rotatable bonds is 6. The van der Waals surface area contributed by atoms with Crippen LogP contribution in [0.3, 0.4) is 0 Å². The van der Waals surface area contributed by atoms with Crippen LogP contribution in [0.2, 0.25) is 5.02 Å². The third kappa shape index (κ3) is 4.24. The number of aromatic nitrogens is 2. The Labute approximate surface area is 158 Å². The molecule has 0 amide bonds. The number of hydrogen-bond acceptors (Lipinski definition) is 6. The first-order valence-corrected chi connectivity index (χ1v) is 8.67. The van der Waals surface area contributed by atoms with Gasteiger partial charge in [0.15, 0.2) is 11.5 Å². The van der Waals surface area contributed by atoms with Gasteiger partial charge in [0.1, 0.15) is 6.61 Å². The highest BCUT2D eigenvalue weighted by Gasteiger charge is 2.16. The van der Waals surface area contributed by atoms with Gasteiger partial charge in [-0.25, -0.2) is 0 Å². The molecule has 0 unspecified atom stereocenters. The zero-order chi connectivity index (χ0) is 17.8. The predicted octanol–water partition coefficient (Wildman–Crippen LogP) is 4.71. The molecule has 0 radical (unpaired) electrons. The van der Waals surface area contributed by atoms with Crippen molar-refractivity contribution in [3.8, 4) is 23.0 Å². The molecular formula is C17H15BrClN3O3. The van der Waals surface area contributed by atoms with Crippen molar-refractivity contribution in [3.05, 3.63) is 51.5 Å². The second-order valence-electron chi connectivity index (χ2n) is 5.08. The number of hydrogen-bond donors (Lipinski definition) is 1. The molecule has 0 fully saturated rings. The second-order valence-corrected chi connectivity index (χ2v) is 6.37. The Bertz CT molecular complexity index is 868. The van der Waals surface area contributed by atoms with Crippen molar-refractivity contribution in [1.29, 1.82) is 0 Å². The first kappa shape index (κ1) is 17.6. The summed E-state index contributed by atoms with van der Waals surface area (Å²) in [5.74, 6) is 1.47. The summed E-state index contributed by atoms with van der Waals surface area (Å²) in [6, 6.07) is 11.1. The van der Waals surface area contributed by atoms with Gasteiger partial charge in [-0.05, 0) is 52.7 Å². The van der Waals surface area contributed by atoms with Crippen LogP contribution in [0.5, 0.6) is 11.5 Å². The van der Waals surface area contributed by atoms with Crippen LogP contribution in [0.4, 0.5) is 6.01 Å². The van der Waals surface area contributed by atoms with Gasteiger partial charge < -0.3 is 19.6 Å². The molecular weight excluding hydrogens is 410 g/mol. The highest BCUT2D eigenvalue weighted by atomic mass is 79.9. The molecule has 0 aliphatic carbocycles. The molecule has 3 aromatic rings. The summed E-state index contributed by atoms with van der Waals surface area (Å²) in [5.41, 5.74) is 7.16. The molecule has 0 saturated heterocycles. The van der Waals surface area contributed by atoms with Crippen LogP contribution in [-0.4, -0.2) is 16.8 Å². The quantitative estimate of drug-likeness (QED) is 0.617. The van der Waals surface area contributed by atoms with E-state index in [1.807, 2.05) is 37.3 Å². The third-order valence-corrected chi connectivity index (χ3v) is 4.13. The molecule has 25 heavy (non-hydrogen) atoms. The fourth-order valence-corrected chi connectivity index (χ4v) is 2.86. The standard InChI is InChI=1S/C17H15BrClN3O3/c1-2-23-14-8-11(16-21-22-17(20)25-16)7-13(18)15(14)24-9-10-3-5-12(19)6-4-10/h3-8H,2,9H2,1H3,(H2,20,22). The van der Waals surface area contributed by atoms with Crippen LogP contribution in [0.25, 0.3) is 11.5 Å². The summed E-state index contributed by atoms with van der Waals surface area (Å²) in [4.78, 5) is 0. The van der Waals surface area contributed by atoms with E-state index in [1.165, 1.54) is 0 Å². The molecule has 0 spiro atoms. The monoisotopic (exact) mass is 423 g/mol. The summed E-state index contributed by atoms with van der Waals surface area (Å²) in [6.45, 7) is 2.76. The van der Waals surface area contributed by atoms with Crippen molar-refractivity contribution in [1.82, 2.24) is 10.2 Å². The maximum Gasteiger partial charge on any atom is 0.313 e. The number of nitrogens with two attached hydrogens (primary N) is 1. The largest absolute Gasteiger partial charge is 0.490 e. The molecule has 2 aromatic carbocycles. The molecule has 6 nitrogen and oxygen atoms in total. The molecule has 3 rings (SSSR count). The first-order valence-electron chi connectivity index (χ1n) is 7.49. The SMILES string of the molecule is CCOc1cc(-c2nnc(N)o2)cc(Br)c1OCc1ccc(Cl)cc1. The highest BCUT2D eigenvalue weighted by Crippen LogP contribution is 2.40. The Kier molecular flexibility index (Phi) is 5.45. The van der Waals surface area contributed by atoms with Crippen LogP contribution in [0.15, 0.2) is 45.3 Å². The molecule has 2 N–H and O–H groups in total. The summed E-state index contributed by atoms with van der Waals surface area (Å²) in [7, 11) is 0. The third-order valence-electron chi connectivity index (χ3n) is 3.29. The van der Waals surface area contributed by atoms with Crippen LogP contribution in [0, 0.1) is 0 Å². The minimum atomic E-state index is 0.00662. The lowest BCUT2D eigenvalue weighted by Gasteiger charge is -2.15. The zero-order valence-corrected chi connectivity index (χ0v) is 15.7. The summed E-state index contributed by atoms with van der Waals surface area (Å²) in [6.07, 6.45) is 0. The molecule has 0 aliphatic rings. The summed E-state index contributed by atoms with van der Waals surface area (Å²) < 4.78 is 17.6. The van der Waals surface area contributed by atoms with E-state index in [2.05, 4.69) is 26.1 Å². The Morgan fingerprint density at radius 1 is 1.16 bits per heavy atom. The van der Waals surface area contributed by atoms with Crippen LogP contribution < -0.4 is 15.2 Å². The lowest BCUT2D eigenvalue weighted by molar-refractivity contribution is 0.267. The Hall–Kier alpha value is -2.25. The van der Waals surface area contributed by atoms with Crippen LogP contribution >= 0.6 is 27.5 Å². The van der Waals surface area contributed by atoms with Gasteiger partial charge in [0.25, 0.3) is 0 Å². The van der Waals surface area contributed by atoms with E-state index in [0.29, 0.717) is 45.7 Å². The lowest BCUT2D eigenvalue weighted by atomic mass is 10.2. The van der Waals surface area contributed by atoms with Crippen LogP contribution in [-0.2, 0) is 6.61 Å². The molecule has 130 valence electrons. The number of halogens is 2. The topological polar surface area (TPSA) is 83.4 Å². The second kappa shape index (κ2) is 7.76. The smallest absolute Gasteiger partial charge is 0.313 e. The number of nitrogens with zero attached hydrogens (tertiary/aromatic N) is 2. The van der Waals surface area contributed by atoms with Crippen molar-refractivity contribution < 1.29 is 13.9 Å². The Morgan fingerprint density at radius 2 is 1.92 bits per heavy atom. The van der Waals surface area contributed by atoms with Crippen molar-refractivity contribution in [2.24, 2.45) is 0 Å². The molecule has 0 aliphatic heterocycles. The van der Waals surface area contributed by atoms with Crippen LogP contribution in [0.1, 0.15) is 12.5 Å². The minimum Gasteiger partial charge on any atom is -0.490 e. The first-order chi connectivity index (χ1) is 12.1. The van der Waals surface area contributed by atoms with E-state index in [1.54, 1.807) is 6.07 Å². The Morgan fingerprint density at radius 3 is 2.56 bits per heavy atom. The maximum absolute atomic E-state index is 5.94. The predicted molar refractivity (Wildman–Crippen MR) is 98.8 cm³/mol. The maximum atomic E-state index is 5.94. The number of benzene rings is 2. The van der Waals surface area contributed by atoms with E-state index >= 15 is 0 Å². The van der Waals surface area contributed by atoms with Gasteiger partial charge in [-0.2, -0.15) is 0 Å². The van der Waals surface area contributed by atoms with E-state index in [-0.39, 0.29) is 6.01 Å². The molecule has 0 atom stereocenters. The average Bonchev–Trinajstić information content (AvgIpc) is 3.02. The summed E-state index contributed by atoms with van der Waals surface area (Å²) in [5, 5.41) is 8.24. The van der Waals surface area contributed by atoms with Crippen molar-refractivity contribution in [2.45, 2.75) is 13.5 Å². The van der Waals surface area contributed by atoms with Crippen molar-refractivity contribution in [2.75, 3.05) is 12.3 Å². The molecule has 1 heterocycles. The van der Waals surface area contributed by atoms with E-state index < -0.39 is 0 Å². The molecule has 1 aromatic heterocycles. The molecule has 8 heteroatoms. The van der Waals surface area contributed by atoms with Gasteiger partial charge in [-0.3, -0.25) is 0 Å². The van der Waals surface area contributed by atoms with Gasteiger partial charge in [0.05, 0.1) is 11.1 Å². The van der Waals surface area contributed by atoms with Gasteiger partial charge in [-0.1, -0.05) is 28.8 Å². The zero-order valence-electron chi connectivity index (χ0n) is 13.3. The average molecular weight is 425 g/mol. The molecule has 0 saturated carbocycles. The fourth-order valence-electron chi connectivity index (χ4n) is 2.18. The van der Waals surface area contributed by atoms with Crippen molar-refractivity contribution in [3.63, 3.8) is 0 Å². The number of anilines is 1. The van der Waals surface area contributed by atoms with Gasteiger partial charge in [-0.15, -0.1) is 5.10 Å². The number of nitrogen functional groups attached to an aromatic ring is 1. The van der Waals surface area contributed by atoms with Gasteiger partial charge in [0, 0.05) is 10.6 Å². The lowest BCUT2D eigenvalue weighted by Crippen LogP contribution is -2.01.